The molecule has 98 valence electrons. The Bertz CT molecular complexity index is 630. The zero-order valence-corrected chi connectivity index (χ0v) is 12.9. The van der Waals surface area contributed by atoms with Gasteiger partial charge in [0.05, 0.1) is 4.47 Å². The van der Waals surface area contributed by atoms with Crippen molar-refractivity contribution in [2.24, 2.45) is 0 Å². The molecule has 1 aliphatic rings. The topological polar surface area (TPSA) is 29.0 Å². The molecule has 0 fully saturated rings. The molecule has 3 nitrogen and oxygen atoms in total. The van der Waals surface area contributed by atoms with E-state index in [9.17, 15) is 0 Å². The number of rotatable bonds is 1. The summed E-state index contributed by atoms with van der Waals surface area (Å²) < 4.78 is 0.718. The van der Waals surface area contributed by atoms with Crippen LogP contribution in [0.5, 0.6) is 0 Å². The van der Waals surface area contributed by atoms with E-state index in [0.717, 1.165) is 23.0 Å². The third-order valence-corrected chi connectivity index (χ3v) is 4.49. The van der Waals surface area contributed by atoms with Crippen LogP contribution in [0.3, 0.4) is 0 Å². The van der Waals surface area contributed by atoms with Crippen molar-refractivity contribution in [3.8, 4) is 11.4 Å². The van der Waals surface area contributed by atoms with Crippen LogP contribution < -0.4 is 4.90 Å². The first-order valence-corrected chi connectivity index (χ1v) is 7.35. The quantitative estimate of drug-likeness (QED) is 0.737. The number of anilines is 1. The van der Waals surface area contributed by atoms with Gasteiger partial charge in [-0.1, -0.05) is 11.6 Å². The molecule has 0 spiro atoms. The first-order valence-electron chi connectivity index (χ1n) is 6.17. The van der Waals surface area contributed by atoms with Crippen LogP contribution in [0.2, 0.25) is 5.15 Å². The highest BCUT2D eigenvalue weighted by Crippen LogP contribution is 2.30. The summed E-state index contributed by atoms with van der Waals surface area (Å²) in [5.74, 6) is 0.671. The lowest BCUT2D eigenvalue weighted by Gasteiger charge is -2.27. The van der Waals surface area contributed by atoms with Gasteiger partial charge in [-0.3, -0.25) is 0 Å². The lowest BCUT2D eigenvalue weighted by Crippen LogP contribution is -2.24. The molecule has 0 bridgehead atoms. The van der Waals surface area contributed by atoms with Gasteiger partial charge in [0.1, 0.15) is 5.15 Å². The normalized spacial score (nSPS) is 14.4. The third kappa shape index (κ3) is 2.47. The van der Waals surface area contributed by atoms with E-state index in [4.69, 9.17) is 11.6 Å². The van der Waals surface area contributed by atoms with Gasteiger partial charge in [0.15, 0.2) is 5.82 Å². The number of fused-ring (bicyclic) bond motifs is 1. The van der Waals surface area contributed by atoms with Crippen LogP contribution in [-0.2, 0) is 6.42 Å². The van der Waals surface area contributed by atoms with Crippen LogP contribution in [0.1, 0.15) is 12.0 Å². The van der Waals surface area contributed by atoms with Crippen LogP contribution >= 0.6 is 27.5 Å². The number of hydrogen-bond donors (Lipinski definition) is 0. The highest BCUT2D eigenvalue weighted by Gasteiger charge is 2.15. The van der Waals surface area contributed by atoms with Gasteiger partial charge >= 0.3 is 0 Å². The first kappa shape index (κ1) is 12.9. The molecule has 1 aliphatic heterocycles. The van der Waals surface area contributed by atoms with Gasteiger partial charge in [-0.25, -0.2) is 9.97 Å². The van der Waals surface area contributed by atoms with Crippen LogP contribution in [-0.4, -0.2) is 23.6 Å². The van der Waals surface area contributed by atoms with Crippen molar-refractivity contribution in [1.29, 1.82) is 0 Å². The van der Waals surface area contributed by atoms with Gasteiger partial charge in [0, 0.05) is 31.0 Å². The van der Waals surface area contributed by atoms with Gasteiger partial charge in [-0.2, -0.15) is 0 Å². The van der Waals surface area contributed by atoms with E-state index >= 15 is 0 Å². The SMILES string of the molecule is CN1CCCc2cc(-c3ncc(Br)c(Cl)n3)ccc21. The second kappa shape index (κ2) is 5.10. The molecule has 0 unspecified atom stereocenters. The van der Waals surface area contributed by atoms with Crippen molar-refractivity contribution in [2.45, 2.75) is 12.8 Å². The van der Waals surface area contributed by atoms with E-state index in [1.54, 1.807) is 6.20 Å². The molecule has 0 N–H and O–H groups in total. The molecule has 3 rings (SSSR count). The fourth-order valence-electron chi connectivity index (χ4n) is 2.41. The second-order valence-corrected chi connectivity index (χ2v) is 5.91. The van der Waals surface area contributed by atoms with Gasteiger partial charge in [-0.15, -0.1) is 0 Å². The van der Waals surface area contributed by atoms with E-state index in [2.05, 4.69) is 56.0 Å². The highest BCUT2D eigenvalue weighted by molar-refractivity contribution is 9.10. The van der Waals surface area contributed by atoms with Crippen LogP contribution in [0.4, 0.5) is 5.69 Å². The number of hydrogen-bond acceptors (Lipinski definition) is 3. The van der Waals surface area contributed by atoms with Crippen molar-refractivity contribution < 1.29 is 0 Å². The Hall–Kier alpha value is -1.13. The van der Waals surface area contributed by atoms with Crippen molar-refractivity contribution in [1.82, 2.24) is 9.97 Å². The summed E-state index contributed by atoms with van der Waals surface area (Å²) in [6, 6.07) is 6.37. The Labute approximate surface area is 125 Å². The molecule has 1 aromatic heterocycles. The van der Waals surface area contributed by atoms with E-state index in [1.165, 1.54) is 17.7 Å². The number of aryl methyl sites for hydroxylation is 1. The van der Waals surface area contributed by atoms with Gasteiger partial charge in [0.25, 0.3) is 0 Å². The number of aromatic nitrogens is 2. The summed E-state index contributed by atoms with van der Waals surface area (Å²) >= 11 is 9.33. The summed E-state index contributed by atoms with van der Waals surface area (Å²) in [6.45, 7) is 1.12. The summed E-state index contributed by atoms with van der Waals surface area (Å²) in [7, 11) is 2.13. The smallest absolute Gasteiger partial charge is 0.160 e. The molecule has 1 aromatic carbocycles. The first-order chi connectivity index (χ1) is 9.15. The standard InChI is InChI=1S/C14H13BrClN3/c1-19-6-2-3-9-7-10(4-5-12(9)19)14-17-8-11(15)13(16)18-14/h4-5,7-8H,2-3,6H2,1H3. The van der Waals surface area contributed by atoms with Crippen molar-refractivity contribution in [3.63, 3.8) is 0 Å². The average Bonchev–Trinajstić information content (AvgIpc) is 2.42. The molecule has 5 heteroatoms. The Kier molecular flexibility index (Phi) is 3.46. The zero-order chi connectivity index (χ0) is 13.4. The Morgan fingerprint density at radius 3 is 3.00 bits per heavy atom. The van der Waals surface area contributed by atoms with Crippen LogP contribution in [0, 0.1) is 0 Å². The van der Waals surface area contributed by atoms with Crippen molar-refractivity contribution in [3.05, 3.63) is 39.6 Å². The lowest BCUT2D eigenvalue weighted by molar-refractivity contribution is 0.744. The highest BCUT2D eigenvalue weighted by atomic mass is 79.9. The second-order valence-electron chi connectivity index (χ2n) is 4.70. The zero-order valence-electron chi connectivity index (χ0n) is 10.5. The van der Waals surface area contributed by atoms with E-state index in [0.29, 0.717) is 11.0 Å². The molecule has 0 amide bonds. The molecule has 2 aromatic rings. The molecule has 19 heavy (non-hydrogen) atoms. The monoisotopic (exact) mass is 337 g/mol. The minimum Gasteiger partial charge on any atom is -0.374 e. The fraction of sp³-hybridized carbons (Fsp3) is 0.286. The minimum absolute atomic E-state index is 0.444. The summed E-state index contributed by atoms with van der Waals surface area (Å²) in [5.41, 5.74) is 3.68. The predicted octanol–water partition coefficient (Wildman–Crippen LogP) is 3.94. The van der Waals surface area contributed by atoms with Gasteiger partial charge < -0.3 is 4.90 Å². The maximum absolute atomic E-state index is 6.02. The molecule has 0 atom stereocenters. The number of nitrogens with zero attached hydrogens (tertiary/aromatic N) is 3. The fourth-order valence-corrected chi connectivity index (χ4v) is 2.73. The third-order valence-electron chi connectivity index (χ3n) is 3.39. The molecule has 0 radical (unpaired) electrons. The molecular weight excluding hydrogens is 326 g/mol. The van der Waals surface area contributed by atoms with Gasteiger partial charge in [0.2, 0.25) is 0 Å². The summed E-state index contributed by atoms with van der Waals surface area (Å²) in [5, 5.41) is 0.444. The number of benzene rings is 1. The van der Waals surface area contributed by atoms with E-state index < -0.39 is 0 Å². The largest absolute Gasteiger partial charge is 0.374 e. The molecule has 0 saturated carbocycles. The number of halogens is 2. The van der Waals surface area contributed by atoms with Crippen LogP contribution in [0.15, 0.2) is 28.9 Å². The molecule has 0 saturated heterocycles. The van der Waals surface area contributed by atoms with E-state index in [1.807, 2.05) is 0 Å². The summed E-state index contributed by atoms with van der Waals surface area (Å²) in [4.78, 5) is 10.9. The molecular formula is C14H13BrClN3. The molecule has 0 aliphatic carbocycles. The van der Waals surface area contributed by atoms with Crippen molar-refractivity contribution in [2.75, 3.05) is 18.5 Å². The van der Waals surface area contributed by atoms with E-state index in [-0.39, 0.29) is 0 Å². The lowest BCUT2D eigenvalue weighted by atomic mass is 9.99. The van der Waals surface area contributed by atoms with Crippen molar-refractivity contribution >= 4 is 33.2 Å². The van der Waals surface area contributed by atoms with Gasteiger partial charge in [-0.05, 0) is 52.5 Å². The minimum atomic E-state index is 0.444. The Morgan fingerprint density at radius 2 is 2.21 bits per heavy atom. The molecule has 2 heterocycles. The van der Waals surface area contributed by atoms with Crippen LogP contribution in [0.25, 0.3) is 11.4 Å². The maximum Gasteiger partial charge on any atom is 0.160 e. The summed E-state index contributed by atoms with van der Waals surface area (Å²) in [6.07, 6.45) is 3.99. The average molecular weight is 339 g/mol. The predicted molar refractivity (Wildman–Crippen MR) is 81.8 cm³/mol. The Morgan fingerprint density at radius 1 is 1.37 bits per heavy atom. The maximum atomic E-state index is 6.02. The Balaban J connectivity index is 2.04.